The van der Waals surface area contributed by atoms with Crippen LogP contribution in [0.3, 0.4) is 0 Å². The molecule has 0 saturated carbocycles. The maximum Gasteiger partial charge on any atom is 0.258 e. The van der Waals surface area contributed by atoms with Crippen LogP contribution in [0, 0.1) is 0 Å². The van der Waals surface area contributed by atoms with E-state index in [-0.39, 0.29) is 5.56 Å². The van der Waals surface area contributed by atoms with Crippen molar-refractivity contribution in [1.29, 1.82) is 0 Å². The van der Waals surface area contributed by atoms with Crippen molar-refractivity contribution in [2.24, 2.45) is 0 Å². The lowest BCUT2D eigenvalue weighted by Gasteiger charge is -2.04. The summed E-state index contributed by atoms with van der Waals surface area (Å²) in [5.41, 5.74) is 1.27. The molecule has 21 heavy (non-hydrogen) atoms. The van der Waals surface area contributed by atoms with Gasteiger partial charge in [-0.25, -0.2) is 9.97 Å². The summed E-state index contributed by atoms with van der Waals surface area (Å²) in [6.45, 7) is 3.02. The van der Waals surface area contributed by atoms with Gasteiger partial charge in [-0.05, 0) is 12.1 Å². The lowest BCUT2D eigenvalue weighted by atomic mass is 10.3. The van der Waals surface area contributed by atoms with Crippen LogP contribution in [-0.2, 0) is 19.5 Å². The Morgan fingerprint density at radius 1 is 1.33 bits per heavy atom. The number of fused-ring (bicyclic) bond motifs is 1. The van der Waals surface area contributed by atoms with Crippen molar-refractivity contribution in [3.63, 3.8) is 0 Å². The number of pyridine rings is 1. The maximum absolute atomic E-state index is 11.9. The number of nitrogens with one attached hydrogen (secondary N) is 1. The Kier molecular flexibility index (Phi) is 3.79. The molecule has 3 heterocycles. The average Bonchev–Trinajstić information content (AvgIpc) is 2.95. The van der Waals surface area contributed by atoms with Crippen molar-refractivity contribution in [3.8, 4) is 0 Å². The van der Waals surface area contributed by atoms with E-state index in [1.807, 2.05) is 25.1 Å². The smallest absolute Gasteiger partial charge is 0.258 e. The average molecular weight is 284 g/mol. The van der Waals surface area contributed by atoms with E-state index < -0.39 is 0 Å². The summed E-state index contributed by atoms with van der Waals surface area (Å²) in [6.07, 6.45) is 4.27. The molecule has 6 nitrogen and oxygen atoms in total. The molecule has 0 spiro atoms. The van der Waals surface area contributed by atoms with Gasteiger partial charge in [-0.2, -0.15) is 0 Å². The van der Waals surface area contributed by atoms with E-state index >= 15 is 0 Å². The highest BCUT2D eigenvalue weighted by Gasteiger charge is 2.04. The molecule has 0 unspecified atom stereocenters. The molecule has 3 aromatic heterocycles. The number of hydrogen-bond acceptors (Lipinski definition) is 5. The lowest BCUT2D eigenvalue weighted by molar-refractivity contribution is 0.438. The highest BCUT2D eigenvalue weighted by Crippen LogP contribution is 2.04. The Hall–Kier alpha value is -2.47. The summed E-state index contributed by atoms with van der Waals surface area (Å²) in [6, 6.07) is 7.01. The fourth-order valence-electron chi connectivity index (χ4n) is 2.08. The molecule has 0 radical (unpaired) electrons. The van der Waals surface area contributed by atoms with E-state index in [0.29, 0.717) is 30.3 Å². The minimum absolute atomic E-state index is 0.0817. The number of hydrogen-bond donors (Lipinski definition) is 1. The minimum atomic E-state index is -0.0817. The topological polar surface area (TPSA) is 72.4 Å². The summed E-state index contributed by atoms with van der Waals surface area (Å²) < 4.78 is 7.02. The molecule has 0 fully saturated rings. The van der Waals surface area contributed by atoms with E-state index in [4.69, 9.17) is 4.42 Å². The first-order chi connectivity index (χ1) is 10.3. The fourth-order valence-corrected chi connectivity index (χ4v) is 2.08. The van der Waals surface area contributed by atoms with E-state index in [2.05, 4.69) is 15.3 Å². The van der Waals surface area contributed by atoms with Crippen LogP contribution < -0.4 is 10.9 Å². The first-order valence-electron chi connectivity index (χ1n) is 6.88. The predicted molar refractivity (Wildman–Crippen MR) is 77.9 cm³/mol. The van der Waals surface area contributed by atoms with Gasteiger partial charge in [-0.15, -0.1) is 0 Å². The van der Waals surface area contributed by atoms with Crippen molar-refractivity contribution >= 4 is 5.65 Å². The Morgan fingerprint density at radius 2 is 2.24 bits per heavy atom. The Bertz CT molecular complexity index is 807. The molecule has 0 aromatic carbocycles. The van der Waals surface area contributed by atoms with Gasteiger partial charge in [0.25, 0.3) is 5.56 Å². The molecule has 0 saturated heterocycles. The van der Waals surface area contributed by atoms with Crippen LogP contribution in [0.1, 0.15) is 24.3 Å². The zero-order valence-corrected chi connectivity index (χ0v) is 11.7. The molecule has 1 N–H and O–H groups in total. The van der Waals surface area contributed by atoms with Crippen molar-refractivity contribution in [2.45, 2.75) is 26.4 Å². The van der Waals surface area contributed by atoms with Crippen molar-refractivity contribution in [1.82, 2.24) is 19.7 Å². The summed E-state index contributed by atoms with van der Waals surface area (Å²) in [5, 5.41) is 3.18. The van der Waals surface area contributed by atoms with Crippen molar-refractivity contribution < 1.29 is 4.42 Å². The number of nitrogens with zero attached hydrogens (tertiary/aromatic N) is 3. The van der Waals surface area contributed by atoms with Crippen molar-refractivity contribution in [2.75, 3.05) is 0 Å². The summed E-state index contributed by atoms with van der Waals surface area (Å²) >= 11 is 0. The maximum atomic E-state index is 11.9. The molecule has 0 aliphatic heterocycles. The summed E-state index contributed by atoms with van der Waals surface area (Å²) in [7, 11) is 0. The van der Waals surface area contributed by atoms with Crippen LogP contribution >= 0.6 is 0 Å². The second-order valence-corrected chi connectivity index (χ2v) is 4.69. The lowest BCUT2D eigenvalue weighted by Crippen LogP contribution is -2.19. The molecule has 0 aliphatic rings. The molecule has 0 atom stereocenters. The van der Waals surface area contributed by atoms with Gasteiger partial charge in [0.2, 0.25) is 5.89 Å². The zero-order valence-electron chi connectivity index (χ0n) is 11.7. The molecule has 3 rings (SSSR count). The van der Waals surface area contributed by atoms with Gasteiger partial charge in [0.15, 0.2) is 0 Å². The second-order valence-electron chi connectivity index (χ2n) is 4.69. The molecule has 0 aliphatic carbocycles. The SMILES string of the molecule is CCc1cnc(CNCc2cc(=O)n3ccccc3n2)o1. The van der Waals surface area contributed by atoms with Crippen molar-refractivity contribution in [3.05, 3.63) is 64.4 Å². The van der Waals surface area contributed by atoms with E-state index in [1.54, 1.807) is 12.4 Å². The van der Waals surface area contributed by atoms with Gasteiger partial charge >= 0.3 is 0 Å². The Labute approximate surface area is 121 Å². The summed E-state index contributed by atoms with van der Waals surface area (Å²) in [4.78, 5) is 20.5. The largest absolute Gasteiger partial charge is 0.444 e. The molecular weight excluding hydrogens is 268 g/mol. The third-order valence-corrected chi connectivity index (χ3v) is 3.16. The van der Waals surface area contributed by atoms with Crippen LogP contribution in [0.15, 0.2) is 45.9 Å². The normalized spacial score (nSPS) is 11.1. The second kappa shape index (κ2) is 5.88. The number of rotatable bonds is 5. The minimum Gasteiger partial charge on any atom is -0.444 e. The van der Waals surface area contributed by atoms with Gasteiger partial charge in [0.1, 0.15) is 11.4 Å². The molecular formula is C15H16N4O2. The Morgan fingerprint density at radius 3 is 3.05 bits per heavy atom. The fraction of sp³-hybridized carbons (Fsp3) is 0.267. The molecule has 3 aromatic rings. The van der Waals surface area contributed by atoms with E-state index in [0.717, 1.165) is 12.2 Å². The standard InChI is InChI=1S/C15H16N4O2/c1-2-12-9-17-14(21-12)10-16-8-11-7-15(20)19-6-4-3-5-13(19)18-11/h3-7,9,16H,2,8,10H2,1H3. The quantitative estimate of drug-likeness (QED) is 0.769. The zero-order chi connectivity index (χ0) is 14.7. The van der Waals surface area contributed by atoms with Gasteiger partial charge in [-0.3, -0.25) is 9.20 Å². The van der Waals surface area contributed by atoms with E-state index in [9.17, 15) is 4.79 Å². The molecule has 0 amide bonds. The monoisotopic (exact) mass is 284 g/mol. The van der Waals surface area contributed by atoms with Gasteiger partial charge < -0.3 is 9.73 Å². The molecule has 0 bridgehead atoms. The third-order valence-electron chi connectivity index (χ3n) is 3.16. The predicted octanol–water partition coefficient (Wildman–Crippen LogP) is 1.53. The third kappa shape index (κ3) is 3.00. The van der Waals surface area contributed by atoms with Gasteiger partial charge in [-0.1, -0.05) is 13.0 Å². The molecule has 108 valence electrons. The highest BCUT2D eigenvalue weighted by molar-refractivity contribution is 5.37. The number of aromatic nitrogens is 3. The Balaban J connectivity index is 1.69. The highest BCUT2D eigenvalue weighted by atomic mass is 16.4. The first kappa shape index (κ1) is 13.5. The molecule has 6 heteroatoms. The van der Waals surface area contributed by atoms with Crippen LogP contribution in [0.2, 0.25) is 0 Å². The first-order valence-corrected chi connectivity index (χ1v) is 6.88. The van der Waals surface area contributed by atoms with Crippen LogP contribution in [0.25, 0.3) is 5.65 Å². The summed E-state index contributed by atoms with van der Waals surface area (Å²) in [5.74, 6) is 1.51. The number of aryl methyl sites for hydroxylation is 1. The van der Waals surface area contributed by atoms with Crippen LogP contribution in [0.4, 0.5) is 0 Å². The van der Waals surface area contributed by atoms with Gasteiger partial charge in [0.05, 0.1) is 18.4 Å². The van der Waals surface area contributed by atoms with Crippen LogP contribution in [-0.4, -0.2) is 14.4 Å². The van der Waals surface area contributed by atoms with Crippen LogP contribution in [0.5, 0.6) is 0 Å². The van der Waals surface area contributed by atoms with E-state index in [1.165, 1.54) is 10.5 Å². The van der Waals surface area contributed by atoms with Gasteiger partial charge in [0, 0.05) is 25.2 Å². The number of oxazole rings is 1.